The van der Waals surface area contributed by atoms with E-state index in [0.29, 0.717) is 19.0 Å². The number of aromatic nitrogens is 1. The molecule has 132 valence electrons. The average Bonchev–Trinajstić information content (AvgIpc) is 3.06. The fourth-order valence-corrected chi connectivity index (χ4v) is 3.57. The van der Waals surface area contributed by atoms with Crippen LogP contribution in [-0.4, -0.2) is 41.9 Å². The van der Waals surface area contributed by atoms with Crippen molar-refractivity contribution in [3.8, 4) is 0 Å². The number of fused-ring (bicyclic) bond motifs is 1. The van der Waals surface area contributed by atoms with Crippen LogP contribution in [0.1, 0.15) is 21.0 Å². The van der Waals surface area contributed by atoms with Crippen molar-refractivity contribution in [2.75, 3.05) is 20.1 Å². The Morgan fingerprint density at radius 1 is 1.32 bits per heavy atom. The van der Waals surface area contributed by atoms with Crippen molar-refractivity contribution in [1.82, 2.24) is 20.5 Å². The third-order valence-electron chi connectivity index (χ3n) is 4.19. The number of hydrogen-bond acceptors (Lipinski definition) is 4. The van der Waals surface area contributed by atoms with Crippen LogP contribution in [0.3, 0.4) is 0 Å². The summed E-state index contributed by atoms with van der Waals surface area (Å²) < 4.78 is 0. The summed E-state index contributed by atoms with van der Waals surface area (Å²) in [5, 5.41) is 7.28. The van der Waals surface area contributed by atoms with Crippen LogP contribution in [0.4, 0.5) is 0 Å². The lowest BCUT2D eigenvalue weighted by atomic mass is 10.00. The first kappa shape index (κ1) is 17.4. The Labute approximate surface area is 152 Å². The van der Waals surface area contributed by atoms with Crippen LogP contribution < -0.4 is 10.6 Å². The zero-order valence-electron chi connectivity index (χ0n) is 14.6. The molecule has 0 atom stereocenters. The van der Waals surface area contributed by atoms with E-state index in [9.17, 15) is 4.79 Å². The number of nitrogens with zero attached hydrogens (tertiary/aromatic N) is 3. The molecule has 1 aliphatic rings. The largest absolute Gasteiger partial charge is 0.350 e. The van der Waals surface area contributed by atoms with Gasteiger partial charge in [-0.05, 0) is 24.5 Å². The van der Waals surface area contributed by atoms with Gasteiger partial charge in [-0.1, -0.05) is 24.3 Å². The molecular weight excluding hydrogens is 334 g/mol. The highest BCUT2D eigenvalue weighted by Gasteiger charge is 2.20. The van der Waals surface area contributed by atoms with E-state index in [-0.39, 0.29) is 12.5 Å². The molecular formula is C18H23N5OS. The molecule has 1 aromatic carbocycles. The highest BCUT2D eigenvalue weighted by Crippen LogP contribution is 2.18. The number of benzene rings is 1. The zero-order chi connectivity index (χ0) is 17.6. The van der Waals surface area contributed by atoms with Gasteiger partial charge in [0.1, 0.15) is 5.01 Å². The summed E-state index contributed by atoms with van der Waals surface area (Å²) >= 11 is 1.65. The van der Waals surface area contributed by atoms with Crippen molar-refractivity contribution in [2.24, 2.45) is 4.99 Å². The summed E-state index contributed by atoms with van der Waals surface area (Å²) in [6, 6.07) is 8.31. The molecule has 3 rings (SSSR count). The van der Waals surface area contributed by atoms with E-state index in [0.717, 1.165) is 18.0 Å². The molecule has 0 spiro atoms. The van der Waals surface area contributed by atoms with E-state index in [1.807, 2.05) is 24.1 Å². The molecule has 1 aliphatic heterocycles. The van der Waals surface area contributed by atoms with Crippen LogP contribution in [0.15, 0.2) is 35.5 Å². The molecule has 2 N–H and O–H groups in total. The number of thiazole rings is 1. The van der Waals surface area contributed by atoms with E-state index < -0.39 is 0 Å². The number of aliphatic imine (C=N–C) groups is 1. The fourth-order valence-electron chi connectivity index (χ4n) is 2.84. The van der Waals surface area contributed by atoms with E-state index in [1.165, 1.54) is 16.0 Å². The molecule has 25 heavy (non-hydrogen) atoms. The maximum atomic E-state index is 12.5. The number of amides is 1. The van der Waals surface area contributed by atoms with Crippen molar-refractivity contribution in [1.29, 1.82) is 0 Å². The standard InChI is InChI=1S/C18H23N5OS/c1-13-9-20-16(25-13)10-21-18(19-2)22-11-17(24)23-8-7-14-5-3-4-6-15(14)12-23/h3-6,9H,7-8,10-12H2,1-2H3,(H2,19,21,22). The van der Waals surface area contributed by atoms with Crippen LogP contribution in [0.5, 0.6) is 0 Å². The third kappa shape index (κ3) is 4.57. The van der Waals surface area contributed by atoms with Gasteiger partial charge in [0, 0.05) is 31.2 Å². The van der Waals surface area contributed by atoms with Crippen LogP contribution in [-0.2, 0) is 24.3 Å². The van der Waals surface area contributed by atoms with E-state index >= 15 is 0 Å². The molecule has 2 aromatic rings. The minimum atomic E-state index is 0.0857. The Hall–Kier alpha value is -2.41. The highest BCUT2D eigenvalue weighted by atomic mass is 32.1. The summed E-state index contributed by atoms with van der Waals surface area (Å²) in [6.45, 7) is 4.31. The first-order chi connectivity index (χ1) is 12.2. The first-order valence-electron chi connectivity index (χ1n) is 8.36. The molecule has 0 radical (unpaired) electrons. The lowest BCUT2D eigenvalue weighted by Crippen LogP contribution is -2.45. The van der Waals surface area contributed by atoms with E-state index in [2.05, 4.69) is 38.8 Å². The topological polar surface area (TPSA) is 69.6 Å². The summed E-state index contributed by atoms with van der Waals surface area (Å²) in [6.07, 6.45) is 2.77. The normalized spacial score (nSPS) is 14.2. The molecule has 0 aliphatic carbocycles. The Balaban J connectivity index is 1.48. The third-order valence-corrected chi connectivity index (χ3v) is 5.10. The molecule has 0 saturated carbocycles. The molecule has 1 amide bonds. The lowest BCUT2D eigenvalue weighted by Gasteiger charge is -2.29. The molecule has 0 bridgehead atoms. The van der Waals surface area contributed by atoms with Gasteiger partial charge >= 0.3 is 0 Å². The van der Waals surface area contributed by atoms with Gasteiger partial charge in [-0.25, -0.2) is 4.98 Å². The summed E-state index contributed by atoms with van der Waals surface area (Å²) in [4.78, 5) is 24.0. The Kier molecular flexibility index (Phi) is 5.65. The van der Waals surface area contributed by atoms with Crippen molar-refractivity contribution in [2.45, 2.75) is 26.4 Å². The molecule has 1 aromatic heterocycles. The number of guanidine groups is 1. The highest BCUT2D eigenvalue weighted by molar-refractivity contribution is 7.11. The second-order valence-electron chi connectivity index (χ2n) is 5.98. The van der Waals surface area contributed by atoms with Gasteiger partial charge in [-0.3, -0.25) is 9.79 Å². The molecule has 0 unspecified atom stereocenters. The monoisotopic (exact) mass is 357 g/mol. The summed E-state index contributed by atoms with van der Waals surface area (Å²) in [5.41, 5.74) is 2.58. The second-order valence-corrected chi connectivity index (χ2v) is 7.30. The van der Waals surface area contributed by atoms with Gasteiger partial charge in [0.05, 0.1) is 13.1 Å². The number of carbonyl (C=O) groups excluding carboxylic acids is 1. The number of hydrogen-bond donors (Lipinski definition) is 2. The lowest BCUT2D eigenvalue weighted by molar-refractivity contribution is -0.130. The maximum absolute atomic E-state index is 12.5. The number of nitrogens with one attached hydrogen (secondary N) is 2. The van der Waals surface area contributed by atoms with Gasteiger partial charge in [-0.15, -0.1) is 11.3 Å². The van der Waals surface area contributed by atoms with Crippen molar-refractivity contribution >= 4 is 23.2 Å². The second kappa shape index (κ2) is 8.11. The fraction of sp³-hybridized carbons (Fsp3) is 0.389. The predicted octanol–water partition coefficient (Wildman–Crippen LogP) is 1.70. The Bertz CT molecular complexity index is 770. The predicted molar refractivity (Wildman–Crippen MR) is 101 cm³/mol. The smallest absolute Gasteiger partial charge is 0.242 e. The average molecular weight is 357 g/mol. The van der Waals surface area contributed by atoms with Crippen LogP contribution in [0.25, 0.3) is 0 Å². The van der Waals surface area contributed by atoms with Crippen LogP contribution in [0.2, 0.25) is 0 Å². The minimum Gasteiger partial charge on any atom is -0.350 e. The molecule has 0 fully saturated rings. The van der Waals surface area contributed by atoms with Gasteiger partial charge < -0.3 is 15.5 Å². The summed E-state index contributed by atoms with van der Waals surface area (Å²) in [5.74, 6) is 0.696. The molecule has 7 heteroatoms. The summed E-state index contributed by atoms with van der Waals surface area (Å²) in [7, 11) is 1.70. The Morgan fingerprint density at radius 2 is 2.12 bits per heavy atom. The van der Waals surface area contributed by atoms with Gasteiger partial charge in [0.25, 0.3) is 0 Å². The SMILES string of the molecule is CN=C(NCC(=O)N1CCc2ccccc2C1)NCc1ncc(C)s1. The maximum Gasteiger partial charge on any atom is 0.242 e. The van der Waals surface area contributed by atoms with E-state index in [1.54, 1.807) is 18.4 Å². The van der Waals surface area contributed by atoms with Crippen molar-refractivity contribution in [3.63, 3.8) is 0 Å². The van der Waals surface area contributed by atoms with Gasteiger partial charge in [0.15, 0.2) is 5.96 Å². The first-order valence-corrected chi connectivity index (χ1v) is 9.17. The molecule has 6 nitrogen and oxygen atoms in total. The van der Waals surface area contributed by atoms with Crippen LogP contribution >= 0.6 is 11.3 Å². The number of carbonyl (C=O) groups is 1. The zero-order valence-corrected chi connectivity index (χ0v) is 15.4. The molecule has 0 saturated heterocycles. The van der Waals surface area contributed by atoms with Crippen molar-refractivity contribution < 1.29 is 4.79 Å². The van der Waals surface area contributed by atoms with Gasteiger partial charge in [0.2, 0.25) is 5.91 Å². The van der Waals surface area contributed by atoms with Crippen LogP contribution in [0, 0.1) is 6.92 Å². The number of aryl methyl sites for hydroxylation is 1. The van der Waals surface area contributed by atoms with Gasteiger partial charge in [-0.2, -0.15) is 0 Å². The van der Waals surface area contributed by atoms with Crippen molar-refractivity contribution in [3.05, 3.63) is 51.5 Å². The number of rotatable bonds is 4. The quantitative estimate of drug-likeness (QED) is 0.645. The molecule has 2 heterocycles. The minimum absolute atomic E-state index is 0.0857. The Morgan fingerprint density at radius 3 is 2.84 bits per heavy atom. The van der Waals surface area contributed by atoms with E-state index in [4.69, 9.17) is 0 Å².